The third-order valence-electron chi connectivity index (χ3n) is 4.39. The standard InChI is InChI=1S/C23H30N2O/c1-17(2)7-6-8-19-9-11-20(12-10-19)22-14-13-21(15-18(22)3)23(26)24-16-25(4)5/h9-17H,6-8H2,1-5H3. The Bertz CT molecular complexity index is 758. The maximum atomic E-state index is 12.1. The van der Waals surface area contributed by atoms with Crippen LogP contribution in [0.5, 0.6) is 0 Å². The highest BCUT2D eigenvalue weighted by atomic mass is 16.1. The number of carbonyl (C=O) groups excluding carboxylic acids is 1. The van der Waals surface area contributed by atoms with Crippen LogP contribution in [-0.2, 0) is 6.42 Å². The van der Waals surface area contributed by atoms with Gasteiger partial charge in [0.25, 0.3) is 5.91 Å². The Kier molecular flexibility index (Phi) is 7.14. The zero-order valence-corrected chi connectivity index (χ0v) is 16.6. The molecule has 0 unspecified atom stereocenters. The molecule has 0 saturated carbocycles. The Labute approximate surface area is 157 Å². The maximum Gasteiger partial charge on any atom is 0.278 e. The van der Waals surface area contributed by atoms with Crippen molar-refractivity contribution in [3.63, 3.8) is 0 Å². The van der Waals surface area contributed by atoms with E-state index in [1.54, 1.807) is 4.90 Å². The van der Waals surface area contributed by atoms with Gasteiger partial charge in [0.15, 0.2) is 0 Å². The number of hydrogen-bond acceptors (Lipinski definition) is 1. The van der Waals surface area contributed by atoms with Crippen LogP contribution in [0.25, 0.3) is 11.1 Å². The molecule has 0 spiro atoms. The smallest absolute Gasteiger partial charge is 0.278 e. The van der Waals surface area contributed by atoms with Gasteiger partial charge in [-0.2, -0.15) is 4.99 Å². The number of benzene rings is 2. The zero-order valence-electron chi connectivity index (χ0n) is 16.6. The molecule has 2 rings (SSSR count). The van der Waals surface area contributed by atoms with Crippen LogP contribution < -0.4 is 0 Å². The van der Waals surface area contributed by atoms with Gasteiger partial charge in [-0.15, -0.1) is 0 Å². The normalized spacial score (nSPS) is 11.3. The molecule has 0 aliphatic heterocycles. The largest absolute Gasteiger partial charge is 0.369 e. The van der Waals surface area contributed by atoms with Crippen LogP contribution in [0.15, 0.2) is 47.5 Å². The van der Waals surface area contributed by atoms with Crippen molar-refractivity contribution in [2.75, 3.05) is 14.1 Å². The first-order valence-electron chi connectivity index (χ1n) is 9.31. The Hall–Kier alpha value is -2.42. The van der Waals surface area contributed by atoms with E-state index in [2.05, 4.69) is 43.1 Å². The van der Waals surface area contributed by atoms with Crippen molar-refractivity contribution in [2.45, 2.75) is 40.0 Å². The van der Waals surface area contributed by atoms with Gasteiger partial charge in [0.05, 0.1) is 6.34 Å². The lowest BCUT2D eigenvalue weighted by Crippen LogP contribution is -2.09. The molecule has 2 aromatic rings. The fourth-order valence-corrected chi connectivity index (χ4v) is 2.93. The summed E-state index contributed by atoms with van der Waals surface area (Å²) in [4.78, 5) is 17.8. The third kappa shape index (κ3) is 5.83. The van der Waals surface area contributed by atoms with Gasteiger partial charge in [-0.3, -0.25) is 4.79 Å². The minimum atomic E-state index is -0.214. The van der Waals surface area contributed by atoms with E-state index in [0.717, 1.165) is 23.5 Å². The van der Waals surface area contributed by atoms with Crippen molar-refractivity contribution in [3.8, 4) is 11.1 Å². The average molecular weight is 351 g/mol. The minimum Gasteiger partial charge on any atom is -0.369 e. The van der Waals surface area contributed by atoms with Crippen LogP contribution in [0.2, 0.25) is 0 Å². The predicted molar refractivity (Wildman–Crippen MR) is 111 cm³/mol. The molecule has 0 atom stereocenters. The summed E-state index contributed by atoms with van der Waals surface area (Å²) >= 11 is 0. The van der Waals surface area contributed by atoms with Crippen molar-refractivity contribution in [2.24, 2.45) is 10.9 Å². The number of carbonyl (C=O) groups is 1. The van der Waals surface area contributed by atoms with Crippen LogP contribution in [0, 0.1) is 12.8 Å². The Morgan fingerprint density at radius 1 is 1.12 bits per heavy atom. The Morgan fingerprint density at radius 2 is 1.81 bits per heavy atom. The van der Waals surface area contributed by atoms with Crippen molar-refractivity contribution >= 4 is 12.2 Å². The van der Waals surface area contributed by atoms with Gasteiger partial charge < -0.3 is 4.90 Å². The van der Waals surface area contributed by atoms with Gasteiger partial charge in [-0.1, -0.05) is 50.6 Å². The van der Waals surface area contributed by atoms with E-state index in [4.69, 9.17) is 0 Å². The second kappa shape index (κ2) is 9.33. The van der Waals surface area contributed by atoms with Crippen LogP contribution in [0.1, 0.15) is 48.2 Å². The lowest BCUT2D eigenvalue weighted by Gasteiger charge is -2.09. The molecule has 26 heavy (non-hydrogen) atoms. The summed E-state index contributed by atoms with van der Waals surface area (Å²) in [7, 11) is 3.69. The molecule has 0 fully saturated rings. The van der Waals surface area contributed by atoms with E-state index < -0.39 is 0 Å². The van der Waals surface area contributed by atoms with Gasteiger partial charge in [0.1, 0.15) is 0 Å². The number of nitrogens with zero attached hydrogens (tertiary/aromatic N) is 2. The number of amides is 1. The number of rotatable bonds is 7. The van der Waals surface area contributed by atoms with E-state index >= 15 is 0 Å². The summed E-state index contributed by atoms with van der Waals surface area (Å²) in [6.45, 7) is 6.58. The fourth-order valence-electron chi connectivity index (χ4n) is 2.93. The predicted octanol–water partition coefficient (Wildman–Crippen LogP) is 5.37. The maximum absolute atomic E-state index is 12.1. The minimum absolute atomic E-state index is 0.214. The van der Waals surface area contributed by atoms with Crippen LogP contribution >= 0.6 is 0 Å². The molecule has 0 heterocycles. The molecular weight excluding hydrogens is 320 g/mol. The van der Waals surface area contributed by atoms with Gasteiger partial charge >= 0.3 is 0 Å². The molecule has 0 radical (unpaired) electrons. The summed E-state index contributed by atoms with van der Waals surface area (Å²) in [5, 5.41) is 0. The summed E-state index contributed by atoms with van der Waals surface area (Å²) in [6, 6.07) is 14.6. The van der Waals surface area contributed by atoms with E-state index in [1.807, 2.05) is 39.2 Å². The van der Waals surface area contributed by atoms with E-state index in [1.165, 1.54) is 30.3 Å². The molecule has 2 aromatic carbocycles. The second-order valence-electron chi connectivity index (χ2n) is 7.53. The van der Waals surface area contributed by atoms with Crippen molar-refractivity contribution in [3.05, 3.63) is 59.2 Å². The monoisotopic (exact) mass is 350 g/mol. The molecule has 0 aliphatic rings. The van der Waals surface area contributed by atoms with Gasteiger partial charge in [0.2, 0.25) is 0 Å². The van der Waals surface area contributed by atoms with Crippen molar-refractivity contribution in [1.82, 2.24) is 4.90 Å². The summed E-state index contributed by atoms with van der Waals surface area (Å²) in [5.74, 6) is 0.550. The highest BCUT2D eigenvalue weighted by Gasteiger charge is 2.08. The van der Waals surface area contributed by atoms with Crippen LogP contribution in [-0.4, -0.2) is 31.2 Å². The van der Waals surface area contributed by atoms with Crippen LogP contribution in [0.3, 0.4) is 0 Å². The number of aryl methyl sites for hydroxylation is 2. The topological polar surface area (TPSA) is 32.7 Å². The summed E-state index contributed by atoms with van der Waals surface area (Å²) in [6.07, 6.45) is 5.17. The average Bonchev–Trinajstić information content (AvgIpc) is 2.60. The van der Waals surface area contributed by atoms with Crippen LogP contribution in [0.4, 0.5) is 0 Å². The Morgan fingerprint density at radius 3 is 2.38 bits per heavy atom. The van der Waals surface area contributed by atoms with Gasteiger partial charge in [-0.05, 0) is 60.1 Å². The number of hydrogen-bond donors (Lipinski definition) is 0. The lowest BCUT2D eigenvalue weighted by molar-refractivity contribution is 0.100. The molecule has 3 nitrogen and oxygen atoms in total. The molecule has 1 amide bonds. The first-order valence-corrected chi connectivity index (χ1v) is 9.31. The molecule has 0 N–H and O–H groups in total. The van der Waals surface area contributed by atoms with E-state index in [0.29, 0.717) is 5.56 Å². The van der Waals surface area contributed by atoms with E-state index in [-0.39, 0.29) is 5.91 Å². The second-order valence-corrected chi connectivity index (χ2v) is 7.53. The summed E-state index contributed by atoms with van der Waals surface area (Å²) < 4.78 is 0. The lowest BCUT2D eigenvalue weighted by atomic mass is 9.96. The highest BCUT2D eigenvalue weighted by Crippen LogP contribution is 2.25. The highest BCUT2D eigenvalue weighted by molar-refractivity contribution is 5.99. The van der Waals surface area contributed by atoms with Gasteiger partial charge in [-0.25, -0.2) is 0 Å². The quantitative estimate of drug-likeness (QED) is 0.497. The first kappa shape index (κ1) is 19.9. The molecule has 3 heteroatoms. The molecular formula is C23H30N2O. The molecule has 0 aliphatic carbocycles. The zero-order chi connectivity index (χ0) is 19.1. The summed E-state index contributed by atoms with van der Waals surface area (Å²) in [5.41, 5.74) is 5.44. The SMILES string of the molecule is Cc1cc(C(=O)N=CN(C)C)ccc1-c1ccc(CCCC(C)C)cc1. The Balaban J connectivity index is 2.10. The third-order valence-corrected chi connectivity index (χ3v) is 4.39. The van der Waals surface area contributed by atoms with Crippen molar-refractivity contribution in [1.29, 1.82) is 0 Å². The fraction of sp³-hybridized carbons (Fsp3) is 0.391. The first-order chi connectivity index (χ1) is 12.4. The molecule has 0 bridgehead atoms. The number of aliphatic imine (C=N–C) groups is 1. The molecule has 138 valence electrons. The van der Waals surface area contributed by atoms with Crippen molar-refractivity contribution < 1.29 is 4.79 Å². The van der Waals surface area contributed by atoms with Gasteiger partial charge in [0, 0.05) is 19.7 Å². The van der Waals surface area contributed by atoms with E-state index in [9.17, 15) is 4.79 Å². The molecule has 0 aromatic heterocycles. The molecule has 0 saturated heterocycles.